The summed E-state index contributed by atoms with van der Waals surface area (Å²) in [5.74, 6) is 0.561. The lowest BCUT2D eigenvalue weighted by Crippen LogP contribution is -2.27. The molecular formula is C13H21N3O. The summed E-state index contributed by atoms with van der Waals surface area (Å²) in [6, 6.07) is 3.72. The number of amides is 1. The second-order valence-electron chi connectivity index (χ2n) is 5.06. The number of nitrogens with zero attached hydrogens (tertiary/aromatic N) is 1. The van der Waals surface area contributed by atoms with Gasteiger partial charge in [0, 0.05) is 12.0 Å². The predicted molar refractivity (Wildman–Crippen MR) is 71.1 cm³/mol. The van der Waals surface area contributed by atoms with Crippen LogP contribution in [0.25, 0.3) is 0 Å². The van der Waals surface area contributed by atoms with Crippen LogP contribution in [0.15, 0.2) is 18.3 Å². The van der Waals surface area contributed by atoms with Gasteiger partial charge in [-0.15, -0.1) is 0 Å². The van der Waals surface area contributed by atoms with E-state index in [2.05, 4.69) is 22.5 Å². The van der Waals surface area contributed by atoms with Gasteiger partial charge in [0.15, 0.2) is 0 Å². The normalized spacial score (nSPS) is 11.1. The molecule has 0 aliphatic carbocycles. The van der Waals surface area contributed by atoms with Crippen LogP contribution in [0.2, 0.25) is 0 Å². The largest absolute Gasteiger partial charge is 0.384 e. The van der Waals surface area contributed by atoms with Crippen molar-refractivity contribution in [3.8, 4) is 0 Å². The van der Waals surface area contributed by atoms with Crippen molar-refractivity contribution >= 4 is 17.4 Å². The number of hydrogen-bond acceptors (Lipinski definition) is 3. The van der Waals surface area contributed by atoms with E-state index >= 15 is 0 Å². The molecule has 2 N–H and O–H groups in total. The number of pyridine rings is 1. The fourth-order valence-electron chi connectivity index (χ4n) is 1.15. The molecule has 0 radical (unpaired) electrons. The van der Waals surface area contributed by atoms with Gasteiger partial charge >= 0.3 is 0 Å². The summed E-state index contributed by atoms with van der Waals surface area (Å²) >= 11 is 0. The second-order valence-corrected chi connectivity index (χ2v) is 5.06. The third-order valence-corrected chi connectivity index (χ3v) is 2.27. The van der Waals surface area contributed by atoms with Crippen LogP contribution in [0.1, 0.15) is 34.1 Å². The molecule has 1 aromatic rings. The van der Waals surface area contributed by atoms with E-state index in [0.717, 1.165) is 18.7 Å². The third kappa shape index (κ3) is 4.43. The van der Waals surface area contributed by atoms with Crippen LogP contribution < -0.4 is 10.6 Å². The first-order chi connectivity index (χ1) is 7.93. The Morgan fingerprint density at radius 2 is 2.06 bits per heavy atom. The van der Waals surface area contributed by atoms with Crippen LogP contribution in [-0.2, 0) is 4.79 Å². The minimum atomic E-state index is -0.402. The van der Waals surface area contributed by atoms with Gasteiger partial charge in [0.2, 0.25) is 5.91 Å². The van der Waals surface area contributed by atoms with Crippen molar-refractivity contribution < 1.29 is 4.79 Å². The van der Waals surface area contributed by atoms with Gasteiger partial charge in [-0.05, 0) is 18.6 Å². The molecule has 0 atom stereocenters. The lowest BCUT2D eigenvalue weighted by molar-refractivity contribution is -0.123. The summed E-state index contributed by atoms with van der Waals surface area (Å²) in [7, 11) is 0. The number of carbonyl (C=O) groups is 1. The lowest BCUT2D eigenvalue weighted by Gasteiger charge is -2.17. The lowest BCUT2D eigenvalue weighted by atomic mass is 9.96. The molecule has 1 amide bonds. The van der Waals surface area contributed by atoms with Gasteiger partial charge in [0.05, 0.1) is 11.9 Å². The van der Waals surface area contributed by atoms with E-state index in [4.69, 9.17) is 0 Å². The molecule has 1 aromatic heterocycles. The molecule has 0 spiro atoms. The van der Waals surface area contributed by atoms with Crippen LogP contribution in [0, 0.1) is 5.41 Å². The van der Waals surface area contributed by atoms with Gasteiger partial charge in [0.1, 0.15) is 5.82 Å². The summed E-state index contributed by atoms with van der Waals surface area (Å²) < 4.78 is 0. The molecule has 0 unspecified atom stereocenters. The van der Waals surface area contributed by atoms with Crippen molar-refractivity contribution in [2.75, 3.05) is 17.2 Å². The summed E-state index contributed by atoms with van der Waals surface area (Å²) in [6.07, 6.45) is 2.80. The summed E-state index contributed by atoms with van der Waals surface area (Å²) in [4.78, 5) is 15.9. The zero-order chi connectivity index (χ0) is 12.9. The number of carbonyl (C=O) groups excluding carboxylic acids is 1. The Labute approximate surface area is 103 Å². The molecule has 0 aromatic carbocycles. The molecule has 0 saturated heterocycles. The Bertz CT molecular complexity index is 365. The second kappa shape index (κ2) is 5.66. The van der Waals surface area contributed by atoms with E-state index in [1.165, 1.54) is 0 Å². The van der Waals surface area contributed by atoms with Gasteiger partial charge in [-0.3, -0.25) is 4.79 Å². The first-order valence-corrected chi connectivity index (χ1v) is 5.95. The molecule has 0 bridgehead atoms. The minimum Gasteiger partial charge on any atom is -0.384 e. The number of nitrogens with one attached hydrogen (secondary N) is 2. The zero-order valence-electron chi connectivity index (χ0n) is 11.0. The van der Waals surface area contributed by atoms with Crippen molar-refractivity contribution in [3.05, 3.63) is 18.3 Å². The number of anilines is 2. The van der Waals surface area contributed by atoms with Gasteiger partial charge < -0.3 is 10.6 Å². The van der Waals surface area contributed by atoms with Crippen LogP contribution in [0.5, 0.6) is 0 Å². The van der Waals surface area contributed by atoms with E-state index in [1.54, 1.807) is 6.20 Å². The fourth-order valence-corrected chi connectivity index (χ4v) is 1.15. The average molecular weight is 235 g/mol. The zero-order valence-corrected chi connectivity index (χ0v) is 11.0. The van der Waals surface area contributed by atoms with Crippen molar-refractivity contribution in [2.24, 2.45) is 5.41 Å². The van der Waals surface area contributed by atoms with Crippen LogP contribution in [-0.4, -0.2) is 17.4 Å². The van der Waals surface area contributed by atoms with E-state index in [1.807, 2.05) is 32.9 Å². The highest BCUT2D eigenvalue weighted by molar-refractivity contribution is 5.93. The van der Waals surface area contributed by atoms with Gasteiger partial charge in [0.25, 0.3) is 0 Å². The Morgan fingerprint density at radius 1 is 1.35 bits per heavy atom. The molecule has 94 valence electrons. The van der Waals surface area contributed by atoms with E-state index in [-0.39, 0.29) is 5.91 Å². The maximum Gasteiger partial charge on any atom is 0.230 e. The summed E-state index contributed by atoms with van der Waals surface area (Å²) in [5, 5.41) is 6.02. The van der Waals surface area contributed by atoms with Gasteiger partial charge in [-0.25, -0.2) is 4.98 Å². The number of aromatic nitrogens is 1. The molecule has 1 heterocycles. The maximum absolute atomic E-state index is 11.7. The van der Waals surface area contributed by atoms with Gasteiger partial charge in [-0.2, -0.15) is 0 Å². The molecule has 0 aliphatic rings. The fraction of sp³-hybridized carbons (Fsp3) is 0.538. The summed E-state index contributed by atoms with van der Waals surface area (Å²) in [6.45, 7) is 8.66. The molecular weight excluding hydrogens is 214 g/mol. The van der Waals surface area contributed by atoms with Crippen molar-refractivity contribution in [1.29, 1.82) is 0 Å². The van der Waals surface area contributed by atoms with E-state index < -0.39 is 5.41 Å². The molecule has 17 heavy (non-hydrogen) atoms. The highest BCUT2D eigenvalue weighted by atomic mass is 16.2. The Kier molecular flexibility index (Phi) is 4.49. The highest BCUT2D eigenvalue weighted by Gasteiger charge is 2.21. The minimum absolute atomic E-state index is 0.0285. The Hall–Kier alpha value is -1.58. The van der Waals surface area contributed by atoms with Crippen molar-refractivity contribution in [1.82, 2.24) is 4.98 Å². The van der Waals surface area contributed by atoms with Crippen molar-refractivity contribution in [3.63, 3.8) is 0 Å². The third-order valence-electron chi connectivity index (χ3n) is 2.27. The average Bonchev–Trinajstić information content (AvgIpc) is 2.27. The smallest absolute Gasteiger partial charge is 0.230 e. The first kappa shape index (κ1) is 13.5. The molecule has 0 aliphatic heterocycles. The predicted octanol–water partition coefficient (Wildman–Crippen LogP) is 2.89. The Balaban J connectivity index is 2.59. The Morgan fingerprint density at radius 3 is 2.53 bits per heavy atom. The van der Waals surface area contributed by atoms with Crippen LogP contribution in [0.3, 0.4) is 0 Å². The molecule has 1 rings (SSSR count). The van der Waals surface area contributed by atoms with E-state index in [0.29, 0.717) is 5.82 Å². The quantitative estimate of drug-likeness (QED) is 0.843. The van der Waals surface area contributed by atoms with E-state index in [9.17, 15) is 4.79 Å². The van der Waals surface area contributed by atoms with Gasteiger partial charge in [-0.1, -0.05) is 27.7 Å². The van der Waals surface area contributed by atoms with Crippen LogP contribution in [0.4, 0.5) is 11.5 Å². The SMILES string of the molecule is CCCNc1ccc(NC(=O)C(C)(C)C)nc1. The monoisotopic (exact) mass is 235 g/mol. The number of rotatable bonds is 4. The molecule has 4 nitrogen and oxygen atoms in total. The van der Waals surface area contributed by atoms with Crippen molar-refractivity contribution in [2.45, 2.75) is 34.1 Å². The molecule has 4 heteroatoms. The molecule has 0 fully saturated rings. The topological polar surface area (TPSA) is 54.0 Å². The highest BCUT2D eigenvalue weighted by Crippen LogP contribution is 2.17. The maximum atomic E-state index is 11.7. The standard InChI is InChI=1S/C13H21N3O/c1-5-8-14-10-6-7-11(15-9-10)16-12(17)13(2,3)4/h6-7,9,14H,5,8H2,1-4H3,(H,15,16,17). The summed E-state index contributed by atoms with van der Waals surface area (Å²) in [5.41, 5.74) is 0.571. The first-order valence-electron chi connectivity index (χ1n) is 5.95. The molecule has 0 saturated carbocycles. The number of hydrogen-bond donors (Lipinski definition) is 2. The van der Waals surface area contributed by atoms with Crippen LogP contribution >= 0.6 is 0 Å².